The van der Waals surface area contributed by atoms with Crippen molar-refractivity contribution in [3.63, 3.8) is 0 Å². The highest BCUT2D eigenvalue weighted by Crippen LogP contribution is 2.18. The lowest BCUT2D eigenvalue weighted by molar-refractivity contribution is 0.0606. The van der Waals surface area contributed by atoms with Gasteiger partial charge in [0.1, 0.15) is 4.88 Å². The number of hydrogen-bond acceptors (Lipinski definition) is 6. The molecule has 0 saturated heterocycles. The number of nitrogens with one attached hydrogen (secondary N) is 1. The van der Waals surface area contributed by atoms with Gasteiger partial charge >= 0.3 is 5.97 Å². The summed E-state index contributed by atoms with van der Waals surface area (Å²) in [5.74, 6) is -0.354. The molecule has 7 heteroatoms. The molecule has 0 fully saturated rings. The van der Waals surface area contributed by atoms with Crippen LogP contribution in [0.2, 0.25) is 0 Å². The number of methoxy groups -OCH3 is 1. The molecule has 0 unspecified atom stereocenters. The number of rotatable bonds is 5. The molecule has 2 rings (SSSR count). The lowest BCUT2D eigenvalue weighted by Crippen LogP contribution is -2.07. The van der Waals surface area contributed by atoms with E-state index in [1.54, 1.807) is 6.20 Å². The van der Waals surface area contributed by atoms with Gasteiger partial charge in [0.05, 0.1) is 13.3 Å². The molecule has 0 aliphatic rings. The van der Waals surface area contributed by atoms with E-state index in [9.17, 15) is 4.79 Å². The van der Waals surface area contributed by atoms with Gasteiger partial charge in [-0.15, -0.1) is 0 Å². The van der Waals surface area contributed by atoms with Crippen LogP contribution in [0.25, 0.3) is 0 Å². The summed E-state index contributed by atoms with van der Waals surface area (Å²) >= 11 is 1.29. The van der Waals surface area contributed by atoms with E-state index in [1.807, 2.05) is 17.8 Å². The Morgan fingerprint density at radius 2 is 2.44 bits per heavy atom. The maximum Gasteiger partial charge on any atom is 0.349 e. The molecule has 0 radical (unpaired) electrons. The van der Waals surface area contributed by atoms with Crippen molar-refractivity contribution in [3.8, 4) is 0 Å². The second-order valence-electron chi connectivity index (χ2n) is 3.64. The lowest BCUT2D eigenvalue weighted by Gasteiger charge is -2.02. The Hall–Kier alpha value is -1.89. The molecule has 6 nitrogen and oxygen atoms in total. The predicted molar refractivity (Wildman–Crippen MR) is 68.9 cm³/mol. The van der Waals surface area contributed by atoms with E-state index in [4.69, 9.17) is 0 Å². The number of carbonyl (C=O) groups is 1. The van der Waals surface area contributed by atoms with Crippen LogP contribution in [0, 0.1) is 0 Å². The third-order valence-electron chi connectivity index (χ3n) is 2.47. The summed E-state index contributed by atoms with van der Waals surface area (Å²) in [6.45, 7) is 0.744. The highest BCUT2D eigenvalue weighted by atomic mass is 32.1. The average molecular weight is 266 g/mol. The third kappa shape index (κ3) is 2.86. The molecule has 1 N–H and O–H groups in total. The van der Waals surface area contributed by atoms with Gasteiger partial charge in [-0.2, -0.15) is 5.10 Å². The van der Waals surface area contributed by atoms with Crippen molar-refractivity contribution in [1.82, 2.24) is 14.8 Å². The number of aromatic nitrogens is 3. The van der Waals surface area contributed by atoms with E-state index in [0.717, 1.165) is 23.8 Å². The van der Waals surface area contributed by atoms with Gasteiger partial charge in [-0.3, -0.25) is 4.68 Å². The van der Waals surface area contributed by atoms with E-state index in [-0.39, 0.29) is 5.97 Å². The highest BCUT2D eigenvalue weighted by Gasteiger charge is 2.10. The van der Waals surface area contributed by atoms with E-state index < -0.39 is 0 Å². The zero-order chi connectivity index (χ0) is 13.0. The molecular formula is C11H14N4O2S. The number of aryl methyl sites for hydroxylation is 1. The summed E-state index contributed by atoms with van der Waals surface area (Å²) in [5.41, 5.74) is 1.15. The van der Waals surface area contributed by atoms with Crippen molar-refractivity contribution in [2.24, 2.45) is 7.05 Å². The van der Waals surface area contributed by atoms with Crippen LogP contribution in [0.4, 0.5) is 5.13 Å². The minimum Gasteiger partial charge on any atom is -0.465 e. The fourth-order valence-corrected chi connectivity index (χ4v) is 2.25. The van der Waals surface area contributed by atoms with Gasteiger partial charge in [0, 0.05) is 31.9 Å². The molecule has 0 aliphatic heterocycles. The molecule has 2 aromatic rings. The van der Waals surface area contributed by atoms with Crippen LogP contribution >= 0.6 is 11.3 Å². The molecule has 0 aliphatic carbocycles. The van der Waals surface area contributed by atoms with Crippen LogP contribution in [-0.4, -0.2) is 34.4 Å². The van der Waals surface area contributed by atoms with Gasteiger partial charge in [0.15, 0.2) is 5.13 Å². The molecule has 0 amide bonds. The van der Waals surface area contributed by atoms with E-state index in [0.29, 0.717) is 4.88 Å². The Morgan fingerprint density at radius 1 is 1.61 bits per heavy atom. The molecule has 0 saturated carbocycles. The minimum atomic E-state index is -0.354. The topological polar surface area (TPSA) is 69.0 Å². The number of carbonyl (C=O) groups excluding carboxylic acids is 1. The van der Waals surface area contributed by atoms with Crippen LogP contribution in [0.15, 0.2) is 18.5 Å². The Morgan fingerprint density at radius 3 is 3.11 bits per heavy atom. The lowest BCUT2D eigenvalue weighted by atomic mass is 10.3. The van der Waals surface area contributed by atoms with E-state index in [1.165, 1.54) is 24.6 Å². The zero-order valence-corrected chi connectivity index (χ0v) is 11.0. The molecule has 0 bridgehead atoms. The van der Waals surface area contributed by atoms with Crippen molar-refractivity contribution in [2.45, 2.75) is 6.42 Å². The molecule has 2 aromatic heterocycles. The van der Waals surface area contributed by atoms with Crippen molar-refractivity contribution in [2.75, 3.05) is 19.0 Å². The van der Waals surface area contributed by atoms with Crippen molar-refractivity contribution in [1.29, 1.82) is 0 Å². The van der Waals surface area contributed by atoms with Gasteiger partial charge in [-0.05, 0) is 6.07 Å². The molecule has 2 heterocycles. The van der Waals surface area contributed by atoms with Crippen LogP contribution in [-0.2, 0) is 18.2 Å². The number of thiazole rings is 1. The van der Waals surface area contributed by atoms with Crippen molar-refractivity contribution in [3.05, 3.63) is 29.0 Å². The SMILES string of the molecule is COC(=O)c1cnc(NCCc2ccnn2C)s1. The zero-order valence-electron chi connectivity index (χ0n) is 10.2. The number of ether oxygens (including phenoxy) is 1. The largest absolute Gasteiger partial charge is 0.465 e. The fraction of sp³-hybridized carbons (Fsp3) is 0.364. The third-order valence-corrected chi connectivity index (χ3v) is 3.41. The molecule has 0 atom stereocenters. The minimum absolute atomic E-state index is 0.354. The van der Waals surface area contributed by atoms with Gasteiger partial charge in [-0.25, -0.2) is 9.78 Å². The Bertz CT molecular complexity index is 535. The summed E-state index contributed by atoms with van der Waals surface area (Å²) in [6.07, 6.45) is 4.14. The first kappa shape index (κ1) is 12.6. The molecule has 18 heavy (non-hydrogen) atoms. The monoisotopic (exact) mass is 266 g/mol. The van der Waals surface area contributed by atoms with Gasteiger partial charge < -0.3 is 10.1 Å². The van der Waals surface area contributed by atoms with Gasteiger partial charge in [-0.1, -0.05) is 11.3 Å². The molecule has 96 valence electrons. The predicted octanol–water partition coefficient (Wildman–Crippen LogP) is 1.32. The smallest absolute Gasteiger partial charge is 0.349 e. The molecular weight excluding hydrogens is 252 g/mol. The maximum absolute atomic E-state index is 11.2. The molecule has 0 spiro atoms. The Kier molecular flexibility index (Phi) is 3.93. The second-order valence-corrected chi connectivity index (χ2v) is 4.67. The Balaban J connectivity index is 1.85. The van der Waals surface area contributed by atoms with Gasteiger partial charge in [0.25, 0.3) is 0 Å². The Labute approximate surface area is 109 Å². The first-order valence-electron chi connectivity index (χ1n) is 5.45. The van der Waals surface area contributed by atoms with E-state index in [2.05, 4.69) is 20.1 Å². The first-order chi connectivity index (χ1) is 8.70. The number of hydrogen-bond donors (Lipinski definition) is 1. The van der Waals surface area contributed by atoms with Crippen molar-refractivity contribution < 1.29 is 9.53 Å². The van der Waals surface area contributed by atoms with Crippen LogP contribution in [0.5, 0.6) is 0 Å². The summed E-state index contributed by atoms with van der Waals surface area (Å²) in [7, 11) is 3.27. The fourth-order valence-electron chi connectivity index (χ4n) is 1.49. The summed E-state index contributed by atoms with van der Waals surface area (Å²) < 4.78 is 6.46. The summed E-state index contributed by atoms with van der Waals surface area (Å²) in [5, 5.41) is 7.98. The number of nitrogens with zero attached hydrogens (tertiary/aromatic N) is 3. The second kappa shape index (κ2) is 5.63. The van der Waals surface area contributed by atoms with Crippen molar-refractivity contribution >= 4 is 22.4 Å². The number of esters is 1. The van der Waals surface area contributed by atoms with Crippen LogP contribution in [0.1, 0.15) is 15.4 Å². The van der Waals surface area contributed by atoms with Gasteiger partial charge in [0.2, 0.25) is 0 Å². The van der Waals surface area contributed by atoms with Crippen LogP contribution < -0.4 is 5.32 Å². The molecule has 0 aromatic carbocycles. The summed E-state index contributed by atoms with van der Waals surface area (Å²) in [6, 6.07) is 1.98. The number of anilines is 1. The first-order valence-corrected chi connectivity index (χ1v) is 6.27. The normalized spacial score (nSPS) is 10.3. The summed E-state index contributed by atoms with van der Waals surface area (Å²) in [4.78, 5) is 15.9. The average Bonchev–Trinajstić information content (AvgIpc) is 2.99. The maximum atomic E-state index is 11.2. The standard InChI is InChI=1S/C11H14N4O2S/c1-15-8(4-6-14-15)3-5-12-11-13-7-9(18-11)10(16)17-2/h4,6-7H,3,5H2,1-2H3,(H,12,13). The highest BCUT2D eigenvalue weighted by molar-refractivity contribution is 7.17. The van der Waals surface area contributed by atoms with E-state index >= 15 is 0 Å². The van der Waals surface area contributed by atoms with Crippen LogP contribution in [0.3, 0.4) is 0 Å². The quantitative estimate of drug-likeness (QED) is 0.827.